The molecule has 1 saturated heterocycles. The van der Waals surface area contributed by atoms with Gasteiger partial charge in [-0.3, -0.25) is 0 Å². The maximum Gasteiger partial charge on any atom is 0.0108 e. The van der Waals surface area contributed by atoms with Crippen molar-refractivity contribution in [2.24, 2.45) is 23.5 Å². The number of hydrogen-bond acceptors (Lipinski definition) is 2. The van der Waals surface area contributed by atoms with E-state index < -0.39 is 0 Å². The smallest absolute Gasteiger partial charge is 0.0108 e. The third kappa shape index (κ3) is 1.27. The highest BCUT2D eigenvalue weighted by atomic mass is 15.1. The van der Waals surface area contributed by atoms with E-state index in [4.69, 9.17) is 5.73 Å². The van der Waals surface area contributed by atoms with Gasteiger partial charge in [0, 0.05) is 19.1 Å². The van der Waals surface area contributed by atoms with Crippen LogP contribution in [0.4, 0.5) is 0 Å². The zero-order valence-corrected chi connectivity index (χ0v) is 8.16. The molecule has 0 aromatic carbocycles. The van der Waals surface area contributed by atoms with E-state index in [-0.39, 0.29) is 0 Å². The van der Waals surface area contributed by atoms with Crippen LogP contribution in [0.15, 0.2) is 0 Å². The van der Waals surface area contributed by atoms with Crippen molar-refractivity contribution in [3.05, 3.63) is 0 Å². The van der Waals surface area contributed by atoms with Crippen LogP contribution in [0.25, 0.3) is 0 Å². The lowest BCUT2D eigenvalue weighted by atomic mass is 9.73. The van der Waals surface area contributed by atoms with Gasteiger partial charge in [-0.25, -0.2) is 0 Å². The zero-order chi connectivity index (χ0) is 8.72. The molecule has 0 spiro atoms. The largest absolute Gasteiger partial charge is 0.327 e. The van der Waals surface area contributed by atoms with Gasteiger partial charge in [0.1, 0.15) is 0 Å². The van der Waals surface area contributed by atoms with Crippen LogP contribution in [0, 0.1) is 17.8 Å². The third-order valence-electron chi connectivity index (χ3n) is 3.82. The Bertz CT molecular complexity index is 167. The van der Waals surface area contributed by atoms with Crippen molar-refractivity contribution in [2.45, 2.75) is 25.8 Å². The number of rotatable bonds is 0. The molecule has 0 radical (unpaired) electrons. The van der Waals surface area contributed by atoms with E-state index >= 15 is 0 Å². The van der Waals surface area contributed by atoms with E-state index in [1.807, 2.05) is 0 Å². The fourth-order valence-electron chi connectivity index (χ4n) is 2.95. The van der Waals surface area contributed by atoms with Gasteiger partial charge < -0.3 is 10.6 Å². The summed E-state index contributed by atoms with van der Waals surface area (Å²) in [4.78, 5) is 2.44. The van der Waals surface area contributed by atoms with Crippen LogP contribution in [-0.4, -0.2) is 31.1 Å². The van der Waals surface area contributed by atoms with Crippen LogP contribution in [-0.2, 0) is 0 Å². The van der Waals surface area contributed by atoms with Crippen molar-refractivity contribution in [3.8, 4) is 0 Å². The van der Waals surface area contributed by atoms with Crippen molar-refractivity contribution in [1.29, 1.82) is 0 Å². The van der Waals surface area contributed by atoms with Crippen LogP contribution < -0.4 is 5.73 Å². The Morgan fingerprint density at radius 3 is 2.75 bits per heavy atom. The van der Waals surface area contributed by atoms with Gasteiger partial charge in [0.2, 0.25) is 0 Å². The normalized spacial score (nSPS) is 49.2. The van der Waals surface area contributed by atoms with E-state index in [1.54, 1.807) is 0 Å². The second kappa shape index (κ2) is 3.00. The van der Waals surface area contributed by atoms with Gasteiger partial charge in [-0.05, 0) is 37.6 Å². The lowest BCUT2D eigenvalue weighted by Gasteiger charge is -2.35. The molecular weight excluding hydrogens is 148 g/mol. The molecule has 1 unspecified atom stereocenters. The Kier molecular flexibility index (Phi) is 2.13. The number of hydrogen-bond donors (Lipinski definition) is 1. The summed E-state index contributed by atoms with van der Waals surface area (Å²) in [5.74, 6) is 2.44. The molecule has 2 fully saturated rings. The van der Waals surface area contributed by atoms with Crippen molar-refractivity contribution in [1.82, 2.24) is 4.90 Å². The third-order valence-corrected chi connectivity index (χ3v) is 3.82. The summed E-state index contributed by atoms with van der Waals surface area (Å²) in [6.07, 6.45) is 2.75. The van der Waals surface area contributed by atoms with Gasteiger partial charge in [-0.15, -0.1) is 0 Å². The van der Waals surface area contributed by atoms with Crippen LogP contribution in [0.1, 0.15) is 19.8 Å². The summed E-state index contributed by atoms with van der Waals surface area (Å²) in [6.45, 7) is 4.82. The molecule has 2 N–H and O–H groups in total. The summed E-state index contributed by atoms with van der Waals surface area (Å²) in [7, 11) is 2.22. The van der Waals surface area contributed by atoms with Crippen LogP contribution >= 0.6 is 0 Å². The molecule has 2 rings (SSSR count). The Morgan fingerprint density at radius 1 is 1.25 bits per heavy atom. The van der Waals surface area contributed by atoms with Gasteiger partial charge in [0.25, 0.3) is 0 Å². The highest BCUT2D eigenvalue weighted by Gasteiger charge is 2.40. The molecule has 0 aromatic heterocycles. The molecular formula is C10H20N2. The number of likely N-dealkylation sites (tertiary alicyclic amines) is 1. The molecule has 1 heterocycles. The van der Waals surface area contributed by atoms with E-state index in [0.717, 1.165) is 17.8 Å². The zero-order valence-electron chi connectivity index (χ0n) is 8.16. The number of nitrogens with two attached hydrogens (primary N) is 1. The molecule has 2 aliphatic rings. The van der Waals surface area contributed by atoms with Crippen molar-refractivity contribution < 1.29 is 0 Å². The first-order valence-electron chi connectivity index (χ1n) is 5.12. The maximum atomic E-state index is 6.20. The Balaban J connectivity index is 2.06. The van der Waals surface area contributed by atoms with E-state index in [2.05, 4.69) is 18.9 Å². The molecule has 2 nitrogen and oxygen atoms in total. The molecule has 0 bridgehead atoms. The Morgan fingerprint density at radius 2 is 2.00 bits per heavy atom. The van der Waals surface area contributed by atoms with Crippen molar-refractivity contribution >= 4 is 0 Å². The average molecular weight is 168 g/mol. The Labute approximate surface area is 75.1 Å². The van der Waals surface area contributed by atoms with Crippen LogP contribution in [0.5, 0.6) is 0 Å². The van der Waals surface area contributed by atoms with Gasteiger partial charge in [-0.1, -0.05) is 6.92 Å². The predicted octanol–water partition coefficient (Wildman–Crippen LogP) is 0.921. The summed E-state index contributed by atoms with van der Waals surface area (Å²) >= 11 is 0. The molecule has 70 valence electrons. The second-order valence-electron chi connectivity index (χ2n) is 4.78. The standard InChI is InChI=1S/C10H20N2/c1-7-3-4-8-5-12(2)6-9(8)10(7)11/h7-10H,3-6,11H2,1-2H3/t7?,8-,9+,10-/m0/s1. The molecule has 0 amide bonds. The first-order valence-corrected chi connectivity index (χ1v) is 5.12. The molecule has 4 atom stereocenters. The maximum absolute atomic E-state index is 6.20. The fraction of sp³-hybridized carbons (Fsp3) is 1.00. The predicted molar refractivity (Wildman–Crippen MR) is 50.9 cm³/mol. The molecule has 1 aliphatic heterocycles. The van der Waals surface area contributed by atoms with Gasteiger partial charge in [-0.2, -0.15) is 0 Å². The minimum atomic E-state index is 0.466. The number of nitrogens with zero attached hydrogens (tertiary/aromatic N) is 1. The highest BCUT2D eigenvalue weighted by Crippen LogP contribution is 2.37. The molecule has 0 aromatic rings. The minimum absolute atomic E-state index is 0.466. The molecule has 2 heteroatoms. The number of fused-ring (bicyclic) bond motifs is 1. The van der Waals surface area contributed by atoms with Gasteiger partial charge in [0.05, 0.1) is 0 Å². The van der Waals surface area contributed by atoms with E-state index in [9.17, 15) is 0 Å². The average Bonchev–Trinajstić information content (AvgIpc) is 2.39. The summed E-state index contributed by atoms with van der Waals surface area (Å²) in [6, 6.07) is 0.466. The molecule has 1 aliphatic carbocycles. The summed E-state index contributed by atoms with van der Waals surface area (Å²) in [5, 5.41) is 0. The first kappa shape index (κ1) is 8.52. The van der Waals surface area contributed by atoms with E-state index in [1.165, 1.54) is 25.9 Å². The van der Waals surface area contributed by atoms with Crippen LogP contribution in [0.2, 0.25) is 0 Å². The monoisotopic (exact) mass is 168 g/mol. The lowest BCUT2D eigenvalue weighted by molar-refractivity contribution is 0.197. The van der Waals surface area contributed by atoms with Crippen molar-refractivity contribution in [3.63, 3.8) is 0 Å². The molecule has 12 heavy (non-hydrogen) atoms. The minimum Gasteiger partial charge on any atom is -0.327 e. The van der Waals surface area contributed by atoms with Crippen molar-refractivity contribution in [2.75, 3.05) is 20.1 Å². The van der Waals surface area contributed by atoms with Gasteiger partial charge >= 0.3 is 0 Å². The Hall–Kier alpha value is -0.0800. The SMILES string of the molecule is CC1CC[C@H]2CN(C)C[C@H]2[C@H]1N. The highest BCUT2D eigenvalue weighted by molar-refractivity contribution is 4.94. The summed E-state index contributed by atoms with van der Waals surface area (Å²) < 4.78 is 0. The van der Waals surface area contributed by atoms with E-state index in [0.29, 0.717) is 6.04 Å². The summed E-state index contributed by atoms with van der Waals surface area (Å²) in [5.41, 5.74) is 6.20. The lowest BCUT2D eigenvalue weighted by Crippen LogP contribution is -2.43. The first-order chi connectivity index (χ1) is 5.68. The second-order valence-corrected chi connectivity index (χ2v) is 4.78. The molecule has 1 saturated carbocycles. The topological polar surface area (TPSA) is 29.3 Å². The van der Waals surface area contributed by atoms with Gasteiger partial charge in [0.15, 0.2) is 0 Å². The quantitative estimate of drug-likeness (QED) is 0.583. The fourth-order valence-corrected chi connectivity index (χ4v) is 2.95. The van der Waals surface area contributed by atoms with Crippen LogP contribution in [0.3, 0.4) is 0 Å².